The van der Waals surface area contributed by atoms with Crippen molar-refractivity contribution in [2.24, 2.45) is 0 Å². The first-order valence-electron chi connectivity index (χ1n) is 3.80. The maximum absolute atomic E-state index is 3.44. The molecule has 1 aliphatic heterocycles. The Kier molecular flexibility index (Phi) is 1.64. The van der Waals surface area contributed by atoms with E-state index in [0.29, 0.717) is 6.04 Å². The van der Waals surface area contributed by atoms with E-state index in [4.69, 9.17) is 0 Å². The Balaban J connectivity index is 2.43. The molecule has 0 amide bonds. The summed E-state index contributed by atoms with van der Waals surface area (Å²) in [6, 6.07) is 7.01. The van der Waals surface area contributed by atoms with E-state index in [1.165, 1.54) is 11.3 Å². The van der Waals surface area contributed by atoms with E-state index in [2.05, 4.69) is 46.4 Å². The molecule has 0 saturated carbocycles. The van der Waals surface area contributed by atoms with E-state index in [0.717, 1.165) is 10.9 Å². The van der Waals surface area contributed by atoms with Crippen molar-refractivity contribution in [1.82, 2.24) is 0 Å². The van der Waals surface area contributed by atoms with Gasteiger partial charge in [-0.25, -0.2) is 0 Å². The summed E-state index contributed by atoms with van der Waals surface area (Å²) >= 11 is 3.44. The fraction of sp³-hybridized carbons (Fsp3) is 0.333. The Labute approximate surface area is 74.9 Å². The van der Waals surface area contributed by atoms with Crippen LogP contribution in [-0.4, -0.2) is 6.04 Å². The van der Waals surface area contributed by atoms with E-state index in [1.807, 2.05) is 0 Å². The lowest BCUT2D eigenvalue weighted by Gasteiger charge is -2.01. The first kappa shape index (κ1) is 7.17. The lowest BCUT2D eigenvalue weighted by atomic mass is 10.1. The van der Waals surface area contributed by atoms with Gasteiger partial charge in [0.2, 0.25) is 0 Å². The average molecular weight is 212 g/mol. The number of hydrogen-bond donors (Lipinski definition) is 1. The lowest BCUT2D eigenvalue weighted by molar-refractivity contribution is 0.839. The van der Waals surface area contributed by atoms with E-state index < -0.39 is 0 Å². The van der Waals surface area contributed by atoms with Crippen LogP contribution >= 0.6 is 15.9 Å². The standard InChI is InChI=1S/C9H10BrN/c1-6-4-7-2-3-8(10)5-9(7)11-6/h2-3,5-6,11H,4H2,1H3. The van der Waals surface area contributed by atoms with E-state index in [-0.39, 0.29) is 0 Å². The smallest absolute Gasteiger partial charge is 0.0386 e. The quantitative estimate of drug-likeness (QED) is 0.697. The third-order valence-electron chi connectivity index (χ3n) is 2.00. The van der Waals surface area contributed by atoms with Crippen LogP contribution in [0.25, 0.3) is 0 Å². The van der Waals surface area contributed by atoms with Crippen molar-refractivity contribution in [3.05, 3.63) is 28.2 Å². The summed E-state index contributed by atoms with van der Waals surface area (Å²) in [5, 5.41) is 3.41. The normalized spacial score (nSPS) is 21.1. The fourth-order valence-electron chi connectivity index (χ4n) is 1.51. The van der Waals surface area contributed by atoms with Crippen molar-refractivity contribution in [3.8, 4) is 0 Å². The topological polar surface area (TPSA) is 12.0 Å². The third kappa shape index (κ3) is 1.27. The highest BCUT2D eigenvalue weighted by atomic mass is 79.9. The second-order valence-electron chi connectivity index (χ2n) is 3.05. The molecular formula is C9H10BrN. The number of anilines is 1. The molecule has 1 aromatic carbocycles. The van der Waals surface area contributed by atoms with Gasteiger partial charge in [0.1, 0.15) is 0 Å². The summed E-state index contributed by atoms with van der Waals surface area (Å²) in [5.41, 5.74) is 2.72. The first-order chi connectivity index (χ1) is 5.25. The average Bonchev–Trinajstić information content (AvgIpc) is 2.27. The zero-order valence-corrected chi connectivity index (χ0v) is 7.98. The largest absolute Gasteiger partial charge is 0.382 e. The molecule has 0 saturated heterocycles. The highest BCUT2D eigenvalue weighted by molar-refractivity contribution is 9.10. The molecule has 0 aromatic heterocycles. The van der Waals surface area contributed by atoms with Crippen LogP contribution in [0, 0.1) is 0 Å². The number of hydrogen-bond acceptors (Lipinski definition) is 1. The number of fused-ring (bicyclic) bond motifs is 1. The van der Waals surface area contributed by atoms with Crippen LogP contribution in [0.3, 0.4) is 0 Å². The van der Waals surface area contributed by atoms with Gasteiger partial charge >= 0.3 is 0 Å². The van der Waals surface area contributed by atoms with E-state index in [1.54, 1.807) is 0 Å². The SMILES string of the molecule is CC1Cc2ccc(Br)cc2N1. The van der Waals surface area contributed by atoms with Gasteiger partial charge < -0.3 is 5.32 Å². The molecular weight excluding hydrogens is 202 g/mol. The third-order valence-corrected chi connectivity index (χ3v) is 2.49. The van der Waals surface area contributed by atoms with Crippen molar-refractivity contribution >= 4 is 21.6 Å². The van der Waals surface area contributed by atoms with E-state index in [9.17, 15) is 0 Å². The van der Waals surface area contributed by atoms with Gasteiger partial charge in [-0.3, -0.25) is 0 Å². The van der Waals surface area contributed by atoms with Crippen molar-refractivity contribution in [1.29, 1.82) is 0 Å². The zero-order chi connectivity index (χ0) is 7.84. The molecule has 0 radical (unpaired) electrons. The minimum Gasteiger partial charge on any atom is -0.382 e. The molecule has 1 nitrogen and oxygen atoms in total. The molecule has 0 bridgehead atoms. The van der Waals surface area contributed by atoms with Gasteiger partial charge in [-0.05, 0) is 31.0 Å². The lowest BCUT2D eigenvalue weighted by Crippen LogP contribution is -2.08. The highest BCUT2D eigenvalue weighted by Crippen LogP contribution is 2.28. The van der Waals surface area contributed by atoms with Crippen molar-refractivity contribution in [2.45, 2.75) is 19.4 Å². The molecule has 0 fully saturated rings. The molecule has 0 aliphatic carbocycles. The minimum atomic E-state index is 0.597. The van der Waals surface area contributed by atoms with Gasteiger partial charge in [-0.1, -0.05) is 22.0 Å². The molecule has 1 atom stereocenters. The molecule has 11 heavy (non-hydrogen) atoms. The molecule has 2 heteroatoms. The summed E-state index contributed by atoms with van der Waals surface area (Å²) in [5.74, 6) is 0. The Hall–Kier alpha value is -0.500. The summed E-state index contributed by atoms with van der Waals surface area (Å²) in [6.07, 6.45) is 1.16. The van der Waals surface area contributed by atoms with Gasteiger partial charge in [0, 0.05) is 16.2 Å². The fourth-order valence-corrected chi connectivity index (χ4v) is 1.87. The number of halogens is 1. The van der Waals surface area contributed by atoms with Crippen molar-refractivity contribution < 1.29 is 0 Å². The molecule has 0 spiro atoms. The van der Waals surface area contributed by atoms with E-state index >= 15 is 0 Å². The molecule has 58 valence electrons. The Morgan fingerprint density at radius 3 is 3.18 bits per heavy atom. The number of rotatable bonds is 0. The van der Waals surface area contributed by atoms with Gasteiger partial charge in [0.25, 0.3) is 0 Å². The molecule has 1 N–H and O–H groups in total. The van der Waals surface area contributed by atoms with Crippen LogP contribution in [0.4, 0.5) is 5.69 Å². The Morgan fingerprint density at radius 2 is 2.36 bits per heavy atom. The summed E-state index contributed by atoms with van der Waals surface area (Å²) < 4.78 is 1.15. The Bertz CT molecular complexity index is 283. The molecule has 1 unspecified atom stereocenters. The second-order valence-corrected chi connectivity index (χ2v) is 3.97. The molecule has 1 aromatic rings. The maximum Gasteiger partial charge on any atom is 0.0386 e. The van der Waals surface area contributed by atoms with Crippen molar-refractivity contribution in [2.75, 3.05) is 5.32 Å². The van der Waals surface area contributed by atoms with Gasteiger partial charge in [0.05, 0.1) is 0 Å². The van der Waals surface area contributed by atoms with Crippen LogP contribution in [0.1, 0.15) is 12.5 Å². The first-order valence-corrected chi connectivity index (χ1v) is 4.60. The monoisotopic (exact) mass is 211 g/mol. The van der Waals surface area contributed by atoms with Crippen LogP contribution in [0.2, 0.25) is 0 Å². The summed E-state index contributed by atoms with van der Waals surface area (Å²) in [6.45, 7) is 2.20. The second kappa shape index (κ2) is 2.52. The Morgan fingerprint density at radius 1 is 1.55 bits per heavy atom. The van der Waals surface area contributed by atoms with Crippen LogP contribution in [0.5, 0.6) is 0 Å². The minimum absolute atomic E-state index is 0.597. The molecule has 2 rings (SSSR count). The maximum atomic E-state index is 3.44. The molecule has 1 aliphatic rings. The van der Waals surface area contributed by atoms with Gasteiger partial charge in [-0.15, -0.1) is 0 Å². The predicted molar refractivity (Wildman–Crippen MR) is 50.9 cm³/mol. The highest BCUT2D eigenvalue weighted by Gasteiger charge is 2.15. The van der Waals surface area contributed by atoms with Crippen LogP contribution in [0.15, 0.2) is 22.7 Å². The molecule has 1 heterocycles. The van der Waals surface area contributed by atoms with Crippen LogP contribution < -0.4 is 5.32 Å². The van der Waals surface area contributed by atoms with Crippen molar-refractivity contribution in [3.63, 3.8) is 0 Å². The van der Waals surface area contributed by atoms with Gasteiger partial charge in [0.15, 0.2) is 0 Å². The summed E-state index contributed by atoms with van der Waals surface area (Å²) in [4.78, 5) is 0. The van der Waals surface area contributed by atoms with Gasteiger partial charge in [-0.2, -0.15) is 0 Å². The number of nitrogens with one attached hydrogen (secondary N) is 1. The number of benzene rings is 1. The summed E-state index contributed by atoms with van der Waals surface area (Å²) in [7, 11) is 0. The predicted octanol–water partition coefficient (Wildman–Crippen LogP) is 2.81. The van der Waals surface area contributed by atoms with Crippen LogP contribution in [-0.2, 0) is 6.42 Å². The zero-order valence-electron chi connectivity index (χ0n) is 6.39.